The minimum Gasteiger partial charge on any atom is -0.299 e. The van der Waals surface area contributed by atoms with Crippen molar-refractivity contribution < 1.29 is 9.59 Å². The van der Waals surface area contributed by atoms with Crippen molar-refractivity contribution in [2.75, 3.05) is 0 Å². The third kappa shape index (κ3) is 17.5. The number of carbonyl (C=O) groups is 2. The van der Waals surface area contributed by atoms with Crippen LogP contribution in [0.15, 0.2) is 0 Å². The Kier molecular flexibility index (Phi) is 17.2. The molecule has 0 heterocycles. The maximum absolute atomic E-state index is 11.7. The Balaban J connectivity index is 3.27. The van der Waals surface area contributed by atoms with Crippen LogP contribution in [0, 0.1) is 0 Å². The summed E-state index contributed by atoms with van der Waals surface area (Å²) in [6.07, 6.45) is 18.8. The lowest BCUT2D eigenvalue weighted by Gasteiger charge is -2.03. The summed E-state index contributed by atoms with van der Waals surface area (Å²) < 4.78 is 0. The van der Waals surface area contributed by atoms with Gasteiger partial charge in [-0.05, 0) is 12.8 Å². The molecule has 0 fully saturated rings. The first-order valence-electron chi connectivity index (χ1n) is 10.2. The molecule has 0 N–H and O–H groups in total. The molecule has 0 rings (SSSR count). The number of hydrogen-bond acceptors (Lipinski definition) is 2. The molecule has 0 aliphatic rings. The molecular formula is C21H40O2. The van der Waals surface area contributed by atoms with Gasteiger partial charge in [-0.2, -0.15) is 0 Å². The lowest BCUT2D eigenvalue weighted by Crippen LogP contribution is -2.07. The van der Waals surface area contributed by atoms with Crippen LogP contribution in [0.3, 0.4) is 0 Å². The van der Waals surface area contributed by atoms with Gasteiger partial charge in [-0.15, -0.1) is 0 Å². The van der Waals surface area contributed by atoms with E-state index in [-0.39, 0.29) is 18.0 Å². The van der Waals surface area contributed by atoms with E-state index in [9.17, 15) is 9.59 Å². The molecule has 0 aromatic carbocycles. The van der Waals surface area contributed by atoms with Crippen molar-refractivity contribution in [2.24, 2.45) is 0 Å². The molecule has 0 saturated carbocycles. The van der Waals surface area contributed by atoms with E-state index in [1.807, 2.05) is 0 Å². The van der Waals surface area contributed by atoms with Crippen LogP contribution >= 0.6 is 0 Å². The molecule has 0 atom stereocenters. The summed E-state index contributed by atoms with van der Waals surface area (Å²) in [7, 11) is 0. The van der Waals surface area contributed by atoms with E-state index in [1.54, 1.807) is 0 Å². The molecule has 23 heavy (non-hydrogen) atoms. The van der Waals surface area contributed by atoms with Gasteiger partial charge in [0.05, 0.1) is 6.42 Å². The van der Waals surface area contributed by atoms with Crippen LogP contribution in [0.1, 0.15) is 123 Å². The highest BCUT2D eigenvalue weighted by Crippen LogP contribution is 2.12. The second-order valence-corrected chi connectivity index (χ2v) is 7.00. The summed E-state index contributed by atoms with van der Waals surface area (Å²) in [6.45, 7) is 4.38. The van der Waals surface area contributed by atoms with Crippen molar-refractivity contribution in [3.05, 3.63) is 0 Å². The number of hydrogen-bond donors (Lipinski definition) is 0. The van der Waals surface area contributed by atoms with Crippen LogP contribution in [0.4, 0.5) is 0 Å². The summed E-state index contributed by atoms with van der Waals surface area (Å²) in [4.78, 5) is 23.3. The molecule has 0 unspecified atom stereocenters. The van der Waals surface area contributed by atoms with Gasteiger partial charge < -0.3 is 0 Å². The van der Waals surface area contributed by atoms with Gasteiger partial charge in [-0.25, -0.2) is 0 Å². The van der Waals surface area contributed by atoms with Gasteiger partial charge in [0.25, 0.3) is 0 Å². The highest BCUT2D eigenvalue weighted by molar-refractivity contribution is 5.98. The molecule has 0 amide bonds. The fraction of sp³-hybridized carbons (Fsp3) is 0.905. The zero-order valence-corrected chi connectivity index (χ0v) is 15.8. The fourth-order valence-electron chi connectivity index (χ4n) is 2.96. The third-order valence-corrected chi connectivity index (χ3v) is 4.51. The first-order valence-corrected chi connectivity index (χ1v) is 10.2. The van der Waals surface area contributed by atoms with Crippen LogP contribution in [-0.4, -0.2) is 11.6 Å². The van der Waals surface area contributed by atoms with E-state index in [0.717, 1.165) is 32.1 Å². The average Bonchev–Trinajstić information content (AvgIpc) is 2.52. The van der Waals surface area contributed by atoms with Crippen molar-refractivity contribution in [2.45, 2.75) is 123 Å². The maximum Gasteiger partial charge on any atom is 0.140 e. The Hall–Kier alpha value is -0.660. The van der Waals surface area contributed by atoms with Crippen LogP contribution in [0.2, 0.25) is 0 Å². The SMILES string of the molecule is CCCCCCCCCCCCCC(=O)CC(=O)CCCCC. The van der Waals surface area contributed by atoms with Gasteiger partial charge in [-0.3, -0.25) is 9.59 Å². The summed E-state index contributed by atoms with van der Waals surface area (Å²) in [5.41, 5.74) is 0. The first kappa shape index (κ1) is 22.3. The van der Waals surface area contributed by atoms with Crippen molar-refractivity contribution in [1.29, 1.82) is 0 Å². The molecule has 0 aliphatic heterocycles. The van der Waals surface area contributed by atoms with Gasteiger partial charge in [-0.1, -0.05) is 90.9 Å². The molecule has 0 bridgehead atoms. The summed E-state index contributed by atoms with van der Waals surface area (Å²) in [6, 6.07) is 0. The van der Waals surface area contributed by atoms with Gasteiger partial charge >= 0.3 is 0 Å². The van der Waals surface area contributed by atoms with Crippen LogP contribution in [0.5, 0.6) is 0 Å². The van der Waals surface area contributed by atoms with E-state index in [4.69, 9.17) is 0 Å². The Morgan fingerprint density at radius 1 is 0.478 bits per heavy atom. The second-order valence-electron chi connectivity index (χ2n) is 7.00. The molecular weight excluding hydrogens is 284 g/mol. The smallest absolute Gasteiger partial charge is 0.140 e. The summed E-state index contributed by atoms with van der Waals surface area (Å²) >= 11 is 0. The third-order valence-electron chi connectivity index (χ3n) is 4.51. The highest BCUT2D eigenvalue weighted by atomic mass is 16.1. The minimum atomic E-state index is 0.145. The summed E-state index contributed by atoms with van der Waals surface area (Å²) in [5, 5.41) is 0. The van der Waals surface area contributed by atoms with E-state index in [0.29, 0.717) is 12.8 Å². The standard InChI is InChI=1S/C21H40O2/c1-3-5-7-8-9-10-11-12-13-14-16-18-21(23)19-20(22)17-15-6-4-2/h3-19H2,1-2H3. The monoisotopic (exact) mass is 324 g/mol. The van der Waals surface area contributed by atoms with E-state index < -0.39 is 0 Å². The molecule has 2 nitrogen and oxygen atoms in total. The molecule has 0 aromatic heterocycles. The van der Waals surface area contributed by atoms with Gasteiger partial charge in [0, 0.05) is 12.8 Å². The Labute approximate surface area is 144 Å². The average molecular weight is 325 g/mol. The molecule has 136 valence electrons. The van der Waals surface area contributed by atoms with Crippen molar-refractivity contribution in [3.63, 3.8) is 0 Å². The van der Waals surface area contributed by atoms with Crippen LogP contribution < -0.4 is 0 Å². The predicted molar refractivity (Wildman–Crippen MR) is 99.9 cm³/mol. The van der Waals surface area contributed by atoms with Crippen molar-refractivity contribution in [3.8, 4) is 0 Å². The van der Waals surface area contributed by atoms with Gasteiger partial charge in [0.15, 0.2) is 0 Å². The normalized spacial score (nSPS) is 10.9. The van der Waals surface area contributed by atoms with Crippen LogP contribution in [-0.2, 0) is 9.59 Å². The quantitative estimate of drug-likeness (QED) is 0.205. The van der Waals surface area contributed by atoms with Crippen molar-refractivity contribution >= 4 is 11.6 Å². The highest BCUT2D eigenvalue weighted by Gasteiger charge is 2.08. The lowest BCUT2D eigenvalue weighted by molar-refractivity contribution is -0.127. The van der Waals surface area contributed by atoms with Gasteiger partial charge in [0.1, 0.15) is 11.6 Å². The predicted octanol–water partition coefficient (Wildman–Crippen LogP) is 6.80. The lowest BCUT2D eigenvalue weighted by atomic mass is 10.0. The Morgan fingerprint density at radius 2 is 0.783 bits per heavy atom. The topological polar surface area (TPSA) is 34.1 Å². The fourth-order valence-corrected chi connectivity index (χ4v) is 2.96. The molecule has 2 heteroatoms. The summed E-state index contributed by atoms with van der Waals surface area (Å²) in [5.74, 6) is 0.300. The molecule has 0 saturated heterocycles. The Bertz CT molecular complexity index is 284. The molecule has 0 aromatic rings. The van der Waals surface area contributed by atoms with E-state index in [2.05, 4.69) is 13.8 Å². The van der Waals surface area contributed by atoms with E-state index in [1.165, 1.54) is 57.8 Å². The van der Waals surface area contributed by atoms with Crippen molar-refractivity contribution in [1.82, 2.24) is 0 Å². The molecule has 0 spiro atoms. The zero-order chi connectivity index (χ0) is 17.2. The van der Waals surface area contributed by atoms with Gasteiger partial charge in [0.2, 0.25) is 0 Å². The molecule has 0 radical (unpaired) electrons. The number of carbonyl (C=O) groups excluding carboxylic acids is 2. The zero-order valence-electron chi connectivity index (χ0n) is 15.8. The minimum absolute atomic E-state index is 0.145. The number of unbranched alkanes of at least 4 members (excludes halogenated alkanes) is 12. The van der Waals surface area contributed by atoms with E-state index >= 15 is 0 Å². The first-order chi connectivity index (χ1) is 11.2. The number of Topliss-reactive ketones (excluding diaryl/α,β-unsaturated/α-hetero) is 2. The number of rotatable bonds is 18. The molecule has 0 aliphatic carbocycles. The second kappa shape index (κ2) is 17.7. The van der Waals surface area contributed by atoms with Crippen LogP contribution in [0.25, 0.3) is 0 Å². The maximum atomic E-state index is 11.7. The Morgan fingerprint density at radius 3 is 1.22 bits per heavy atom. The number of ketones is 2. The largest absolute Gasteiger partial charge is 0.299 e.